The summed E-state index contributed by atoms with van der Waals surface area (Å²) in [6.07, 6.45) is 3.12. The molecule has 0 radical (unpaired) electrons. The van der Waals surface area contributed by atoms with Gasteiger partial charge in [-0.3, -0.25) is 4.79 Å². The molecule has 3 aromatic rings. The molecule has 0 bridgehead atoms. The largest absolute Gasteiger partial charge is 0.494 e. The maximum atomic E-state index is 12.1. The first-order chi connectivity index (χ1) is 12.2. The van der Waals surface area contributed by atoms with Gasteiger partial charge in [-0.2, -0.15) is 0 Å². The zero-order valence-corrected chi connectivity index (χ0v) is 14.7. The number of hydrogen-bond acceptors (Lipinski definition) is 3. The number of aryl methyl sites for hydroxylation is 1. The number of rotatable bonds is 7. The minimum absolute atomic E-state index is 0.0177. The SMILES string of the molecule is CCOc1ccc(CC(=O)NCCc2cn3c(C)cccc3n2)cc1. The molecule has 1 amide bonds. The number of nitrogens with one attached hydrogen (secondary N) is 1. The molecule has 0 aliphatic carbocycles. The van der Waals surface area contributed by atoms with Crippen LogP contribution in [0.25, 0.3) is 5.65 Å². The highest BCUT2D eigenvalue weighted by Gasteiger charge is 2.06. The fourth-order valence-electron chi connectivity index (χ4n) is 2.77. The molecule has 0 saturated heterocycles. The van der Waals surface area contributed by atoms with Crippen molar-refractivity contribution in [1.82, 2.24) is 14.7 Å². The van der Waals surface area contributed by atoms with Gasteiger partial charge in [0, 0.05) is 24.9 Å². The van der Waals surface area contributed by atoms with Crippen LogP contribution >= 0.6 is 0 Å². The summed E-state index contributed by atoms with van der Waals surface area (Å²) in [5.41, 5.74) is 4.05. The van der Waals surface area contributed by atoms with E-state index in [9.17, 15) is 4.79 Å². The number of aromatic nitrogens is 2. The predicted octanol–water partition coefficient (Wildman–Crippen LogP) is 2.94. The van der Waals surface area contributed by atoms with Crippen molar-refractivity contribution >= 4 is 11.6 Å². The van der Waals surface area contributed by atoms with Gasteiger partial charge in [-0.25, -0.2) is 4.98 Å². The molecule has 2 heterocycles. The maximum Gasteiger partial charge on any atom is 0.224 e. The van der Waals surface area contributed by atoms with Crippen molar-refractivity contribution < 1.29 is 9.53 Å². The van der Waals surface area contributed by atoms with Crippen molar-refractivity contribution in [2.24, 2.45) is 0 Å². The number of carbonyl (C=O) groups is 1. The molecule has 1 N–H and O–H groups in total. The van der Waals surface area contributed by atoms with Gasteiger partial charge in [-0.1, -0.05) is 18.2 Å². The van der Waals surface area contributed by atoms with Crippen LogP contribution in [0, 0.1) is 6.92 Å². The molecular formula is C20H23N3O2. The first-order valence-corrected chi connectivity index (χ1v) is 8.57. The molecule has 0 spiro atoms. The molecule has 2 aromatic heterocycles. The van der Waals surface area contributed by atoms with E-state index in [1.165, 1.54) is 0 Å². The van der Waals surface area contributed by atoms with Crippen molar-refractivity contribution in [3.05, 3.63) is 65.6 Å². The first-order valence-electron chi connectivity index (χ1n) is 8.57. The van der Waals surface area contributed by atoms with Gasteiger partial charge in [0.15, 0.2) is 0 Å². The summed E-state index contributed by atoms with van der Waals surface area (Å²) in [5.74, 6) is 0.845. The minimum atomic E-state index is 0.0177. The van der Waals surface area contributed by atoms with Crippen LogP contribution in [-0.4, -0.2) is 28.4 Å². The van der Waals surface area contributed by atoms with Crippen LogP contribution in [0.15, 0.2) is 48.7 Å². The second kappa shape index (κ2) is 7.83. The summed E-state index contributed by atoms with van der Waals surface area (Å²) in [7, 11) is 0. The van der Waals surface area contributed by atoms with Crippen LogP contribution in [0.5, 0.6) is 5.75 Å². The summed E-state index contributed by atoms with van der Waals surface area (Å²) in [6.45, 7) is 5.23. The van der Waals surface area contributed by atoms with Crippen LogP contribution in [-0.2, 0) is 17.6 Å². The van der Waals surface area contributed by atoms with Gasteiger partial charge in [0.1, 0.15) is 11.4 Å². The Morgan fingerprint density at radius 1 is 1.20 bits per heavy atom. The highest BCUT2D eigenvalue weighted by molar-refractivity contribution is 5.78. The number of amides is 1. The summed E-state index contributed by atoms with van der Waals surface area (Å²) in [5, 5.41) is 2.96. The highest BCUT2D eigenvalue weighted by atomic mass is 16.5. The summed E-state index contributed by atoms with van der Waals surface area (Å²) >= 11 is 0. The van der Waals surface area contributed by atoms with Crippen molar-refractivity contribution in [2.75, 3.05) is 13.2 Å². The number of imidazole rings is 1. The monoisotopic (exact) mass is 337 g/mol. The van der Waals surface area contributed by atoms with E-state index < -0.39 is 0 Å². The van der Waals surface area contributed by atoms with Crippen LogP contribution in [0.4, 0.5) is 0 Å². The van der Waals surface area contributed by atoms with Gasteiger partial charge in [-0.05, 0) is 43.7 Å². The van der Waals surface area contributed by atoms with Gasteiger partial charge in [-0.15, -0.1) is 0 Å². The summed E-state index contributed by atoms with van der Waals surface area (Å²) in [6, 6.07) is 13.7. The Morgan fingerprint density at radius 2 is 2.00 bits per heavy atom. The summed E-state index contributed by atoms with van der Waals surface area (Å²) in [4.78, 5) is 16.7. The number of carbonyl (C=O) groups excluding carboxylic acids is 1. The van der Waals surface area contributed by atoms with Crippen LogP contribution in [0.2, 0.25) is 0 Å². The zero-order valence-electron chi connectivity index (χ0n) is 14.7. The second-order valence-corrected chi connectivity index (χ2v) is 5.98. The van der Waals surface area contributed by atoms with Crippen LogP contribution < -0.4 is 10.1 Å². The van der Waals surface area contributed by atoms with E-state index in [1.54, 1.807) is 0 Å². The molecule has 0 aliphatic heterocycles. The van der Waals surface area contributed by atoms with E-state index in [0.717, 1.165) is 34.8 Å². The fourth-order valence-corrected chi connectivity index (χ4v) is 2.77. The third-order valence-corrected chi connectivity index (χ3v) is 4.05. The molecule has 0 aliphatic rings. The Hall–Kier alpha value is -2.82. The van der Waals surface area contributed by atoms with E-state index >= 15 is 0 Å². The lowest BCUT2D eigenvalue weighted by molar-refractivity contribution is -0.120. The second-order valence-electron chi connectivity index (χ2n) is 5.98. The van der Waals surface area contributed by atoms with Crippen molar-refractivity contribution in [2.45, 2.75) is 26.7 Å². The Balaban J connectivity index is 1.49. The number of fused-ring (bicyclic) bond motifs is 1. The molecule has 0 fully saturated rings. The third-order valence-electron chi connectivity index (χ3n) is 4.05. The van der Waals surface area contributed by atoms with Crippen molar-refractivity contribution in [3.8, 4) is 5.75 Å². The van der Waals surface area contributed by atoms with Gasteiger partial charge in [0.05, 0.1) is 18.7 Å². The van der Waals surface area contributed by atoms with E-state index in [-0.39, 0.29) is 5.91 Å². The Labute approximate surface area is 147 Å². The molecule has 5 heteroatoms. The molecule has 5 nitrogen and oxygen atoms in total. The Morgan fingerprint density at radius 3 is 2.72 bits per heavy atom. The zero-order chi connectivity index (χ0) is 17.6. The molecule has 0 atom stereocenters. The van der Waals surface area contributed by atoms with E-state index in [1.807, 2.05) is 49.5 Å². The fraction of sp³-hybridized carbons (Fsp3) is 0.300. The van der Waals surface area contributed by atoms with Crippen molar-refractivity contribution in [3.63, 3.8) is 0 Å². The van der Waals surface area contributed by atoms with E-state index in [0.29, 0.717) is 19.6 Å². The topological polar surface area (TPSA) is 55.6 Å². The van der Waals surface area contributed by atoms with Crippen molar-refractivity contribution in [1.29, 1.82) is 0 Å². The number of pyridine rings is 1. The molecule has 3 rings (SSSR count). The van der Waals surface area contributed by atoms with Crippen LogP contribution in [0.1, 0.15) is 23.9 Å². The number of nitrogens with zero attached hydrogens (tertiary/aromatic N) is 2. The standard InChI is InChI=1S/C20H23N3O2/c1-3-25-18-9-7-16(8-10-18)13-20(24)21-12-11-17-14-23-15(2)5-4-6-19(23)22-17/h4-10,14H,3,11-13H2,1-2H3,(H,21,24). The average molecular weight is 337 g/mol. The average Bonchev–Trinajstić information content (AvgIpc) is 3.01. The molecular weight excluding hydrogens is 314 g/mol. The van der Waals surface area contributed by atoms with Gasteiger partial charge in [0.2, 0.25) is 5.91 Å². The third kappa shape index (κ3) is 4.38. The lowest BCUT2D eigenvalue weighted by Gasteiger charge is -2.06. The Bertz CT molecular complexity index is 853. The quantitative estimate of drug-likeness (QED) is 0.721. The molecule has 0 saturated carbocycles. The van der Waals surface area contributed by atoms with E-state index in [4.69, 9.17) is 4.74 Å². The van der Waals surface area contributed by atoms with Crippen LogP contribution in [0.3, 0.4) is 0 Å². The normalized spacial score (nSPS) is 10.8. The first kappa shape index (κ1) is 17.0. The molecule has 25 heavy (non-hydrogen) atoms. The maximum absolute atomic E-state index is 12.1. The lowest BCUT2D eigenvalue weighted by atomic mass is 10.1. The lowest BCUT2D eigenvalue weighted by Crippen LogP contribution is -2.27. The van der Waals surface area contributed by atoms with Gasteiger partial charge >= 0.3 is 0 Å². The molecule has 130 valence electrons. The number of ether oxygens (including phenoxy) is 1. The molecule has 1 aromatic carbocycles. The number of benzene rings is 1. The smallest absolute Gasteiger partial charge is 0.224 e. The number of hydrogen-bond donors (Lipinski definition) is 1. The highest BCUT2D eigenvalue weighted by Crippen LogP contribution is 2.12. The van der Waals surface area contributed by atoms with Gasteiger partial charge in [0.25, 0.3) is 0 Å². The van der Waals surface area contributed by atoms with E-state index in [2.05, 4.69) is 27.7 Å². The molecule has 0 unspecified atom stereocenters. The van der Waals surface area contributed by atoms with Gasteiger partial charge < -0.3 is 14.5 Å². The summed E-state index contributed by atoms with van der Waals surface area (Å²) < 4.78 is 7.47. The minimum Gasteiger partial charge on any atom is -0.494 e. The Kier molecular flexibility index (Phi) is 5.33. The predicted molar refractivity (Wildman–Crippen MR) is 98.0 cm³/mol.